The van der Waals surface area contributed by atoms with Crippen molar-refractivity contribution in [2.75, 3.05) is 14.2 Å². The zero-order chi connectivity index (χ0) is 18.0. The molecule has 5 nitrogen and oxygen atoms in total. The largest absolute Gasteiger partial charge is 0.468 e. The molecule has 0 saturated heterocycles. The van der Waals surface area contributed by atoms with Crippen molar-refractivity contribution in [1.29, 1.82) is 0 Å². The molecule has 2 aliphatic carbocycles. The Morgan fingerprint density at radius 1 is 1.08 bits per heavy atom. The highest BCUT2D eigenvalue weighted by atomic mass is 16.5. The summed E-state index contributed by atoms with van der Waals surface area (Å²) in [6, 6.07) is 9.84. The highest BCUT2D eigenvalue weighted by molar-refractivity contribution is 6.04. The van der Waals surface area contributed by atoms with E-state index >= 15 is 0 Å². The van der Waals surface area contributed by atoms with Crippen LogP contribution in [0.2, 0.25) is 0 Å². The molecule has 1 fully saturated rings. The molecule has 0 aliphatic heterocycles. The molecule has 25 heavy (non-hydrogen) atoms. The van der Waals surface area contributed by atoms with E-state index in [0.717, 1.165) is 17.6 Å². The fourth-order valence-electron chi connectivity index (χ4n) is 4.17. The molecule has 1 aromatic carbocycles. The average Bonchev–Trinajstić information content (AvgIpc) is 2.67. The molecule has 0 aromatic heterocycles. The Labute approximate surface area is 147 Å². The minimum absolute atomic E-state index is 0.0213. The van der Waals surface area contributed by atoms with Gasteiger partial charge in [-0.15, -0.1) is 0 Å². The number of fused-ring (bicyclic) bond motifs is 1. The monoisotopic (exact) mass is 342 g/mol. The van der Waals surface area contributed by atoms with E-state index in [0.29, 0.717) is 12.8 Å². The zero-order valence-electron chi connectivity index (χ0n) is 14.5. The second kappa shape index (κ2) is 6.82. The van der Waals surface area contributed by atoms with Gasteiger partial charge in [0.1, 0.15) is 0 Å². The zero-order valence-corrected chi connectivity index (χ0v) is 14.5. The van der Waals surface area contributed by atoms with Crippen LogP contribution in [0.25, 0.3) is 5.57 Å². The number of rotatable bonds is 3. The van der Waals surface area contributed by atoms with E-state index in [1.54, 1.807) is 6.08 Å². The average molecular weight is 342 g/mol. The van der Waals surface area contributed by atoms with Crippen LogP contribution < -0.4 is 0 Å². The van der Waals surface area contributed by atoms with Gasteiger partial charge in [0.2, 0.25) is 0 Å². The first-order valence-electron chi connectivity index (χ1n) is 8.48. The summed E-state index contributed by atoms with van der Waals surface area (Å²) in [6.45, 7) is 0. The van der Waals surface area contributed by atoms with Crippen LogP contribution in [-0.4, -0.2) is 31.9 Å². The molecule has 0 spiro atoms. The van der Waals surface area contributed by atoms with Crippen LogP contribution in [0.15, 0.2) is 36.4 Å². The van der Waals surface area contributed by atoms with Gasteiger partial charge in [0.05, 0.1) is 14.2 Å². The Hall–Kier alpha value is -2.43. The third-order valence-corrected chi connectivity index (χ3v) is 5.54. The number of allylic oxidation sites excluding steroid dienone is 2. The molecule has 0 heterocycles. The van der Waals surface area contributed by atoms with E-state index in [9.17, 15) is 14.4 Å². The number of hydrogen-bond acceptors (Lipinski definition) is 5. The molecule has 0 unspecified atom stereocenters. The second-order valence-electron chi connectivity index (χ2n) is 6.82. The summed E-state index contributed by atoms with van der Waals surface area (Å²) in [5.41, 5.74) is 0.709. The molecule has 3 rings (SSSR count). The Balaban J connectivity index is 1.89. The van der Waals surface area contributed by atoms with Crippen molar-refractivity contribution >= 4 is 23.3 Å². The van der Waals surface area contributed by atoms with Crippen molar-refractivity contribution < 1.29 is 23.9 Å². The molecule has 132 valence electrons. The number of esters is 2. The van der Waals surface area contributed by atoms with E-state index < -0.39 is 17.4 Å². The molecule has 1 saturated carbocycles. The standard InChI is InChI=1S/C20H22O5/c1-24-18(22)20(19(23)25-2)9-8-14-10-15(11-17(21)16(14)12-20)13-6-4-3-5-7-13/h3-7,11,14,16H,8-10,12H2,1-2H3/t14-,16+/m1/s1. The maximum atomic E-state index is 12.7. The second-order valence-corrected chi connectivity index (χ2v) is 6.82. The smallest absolute Gasteiger partial charge is 0.323 e. The predicted molar refractivity (Wildman–Crippen MR) is 91.3 cm³/mol. The van der Waals surface area contributed by atoms with Crippen LogP contribution in [0.4, 0.5) is 0 Å². The van der Waals surface area contributed by atoms with E-state index in [2.05, 4.69) is 0 Å². The van der Waals surface area contributed by atoms with Crippen LogP contribution in [0.3, 0.4) is 0 Å². The normalized spacial score (nSPS) is 24.7. The van der Waals surface area contributed by atoms with Crippen molar-refractivity contribution in [1.82, 2.24) is 0 Å². The number of benzene rings is 1. The van der Waals surface area contributed by atoms with Gasteiger partial charge < -0.3 is 9.47 Å². The number of methoxy groups -OCH3 is 2. The predicted octanol–water partition coefficient (Wildman–Crippen LogP) is 2.79. The van der Waals surface area contributed by atoms with Crippen molar-refractivity contribution in [2.45, 2.75) is 25.7 Å². The lowest BCUT2D eigenvalue weighted by Crippen LogP contribution is -2.49. The lowest BCUT2D eigenvalue weighted by atomic mass is 9.60. The maximum absolute atomic E-state index is 12.7. The van der Waals surface area contributed by atoms with Gasteiger partial charge in [-0.3, -0.25) is 14.4 Å². The summed E-state index contributed by atoms with van der Waals surface area (Å²) >= 11 is 0. The van der Waals surface area contributed by atoms with Gasteiger partial charge in [-0.05, 0) is 48.8 Å². The molecular weight excluding hydrogens is 320 g/mol. The van der Waals surface area contributed by atoms with Gasteiger partial charge in [-0.1, -0.05) is 30.3 Å². The molecule has 0 amide bonds. The molecule has 0 bridgehead atoms. The van der Waals surface area contributed by atoms with Crippen molar-refractivity contribution in [3.8, 4) is 0 Å². The van der Waals surface area contributed by atoms with Crippen molar-refractivity contribution in [3.63, 3.8) is 0 Å². The third kappa shape index (κ3) is 2.99. The number of ether oxygens (including phenoxy) is 2. The van der Waals surface area contributed by atoms with Crippen LogP contribution in [0, 0.1) is 17.3 Å². The third-order valence-electron chi connectivity index (χ3n) is 5.54. The maximum Gasteiger partial charge on any atom is 0.323 e. The summed E-state index contributed by atoms with van der Waals surface area (Å²) < 4.78 is 9.71. The molecule has 1 aromatic rings. The number of hydrogen-bond donors (Lipinski definition) is 0. The van der Waals surface area contributed by atoms with Crippen molar-refractivity contribution in [2.24, 2.45) is 17.3 Å². The topological polar surface area (TPSA) is 69.7 Å². The lowest BCUT2D eigenvalue weighted by Gasteiger charge is -2.42. The molecule has 5 heteroatoms. The minimum atomic E-state index is -1.36. The number of carbonyl (C=O) groups is 3. The van der Waals surface area contributed by atoms with Gasteiger partial charge in [0.25, 0.3) is 0 Å². The molecule has 0 N–H and O–H groups in total. The van der Waals surface area contributed by atoms with E-state index in [1.807, 2.05) is 30.3 Å². The van der Waals surface area contributed by atoms with E-state index in [4.69, 9.17) is 9.47 Å². The Kier molecular flexibility index (Phi) is 4.75. The van der Waals surface area contributed by atoms with Gasteiger partial charge >= 0.3 is 11.9 Å². The van der Waals surface area contributed by atoms with Crippen LogP contribution in [0.5, 0.6) is 0 Å². The van der Waals surface area contributed by atoms with Crippen LogP contribution >= 0.6 is 0 Å². The molecule has 2 aliphatic rings. The van der Waals surface area contributed by atoms with Gasteiger partial charge in [-0.2, -0.15) is 0 Å². The lowest BCUT2D eigenvalue weighted by molar-refractivity contribution is -0.174. The summed E-state index contributed by atoms with van der Waals surface area (Å²) in [4.78, 5) is 37.4. The summed E-state index contributed by atoms with van der Waals surface area (Å²) in [5.74, 6) is -1.45. The molecule has 0 radical (unpaired) electrons. The van der Waals surface area contributed by atoms with Crippen molar-refractivity contribution in [3.05, 3.63) is 42.0 Å². The SMILES string of the molecule is COC(=O)C1(C(=O)OC)CC[C@@H]2CC(c3ccccc3)=CC(=O)[C@H]2C1. The Morgan fingerprint density at radius 2 is 1.72 bits per heavy atom. The molecule has 2 atom stereocenters. The van der Waals surface area contributed by atoms with Crippen LogP contribution in [-0.2, 0) is 23.9 Å². The van der Waals surface area contributed by atoms with Gasteiger partial charge in [-0.25, -0.2) is 0 Å². The first kappa shape index (κ1) is 17.4. The molecular formula is C20H22O5. The highest BCUT2D eigenvalue weighted by Crippen LogP contribution is 2.49. The van der Waals surface area contributed by atoms with E-state index in [-0.39, 0.29) is 24.0 Å². The summed E-state index contributed by atoms with van der Waals surface area (Å²) in [5, 5.41) is 0. The first-order valence-corrected chi connectivity index (χ1v) is 8.48. The van der Waals surface area contributed by atoms with Crippen LogP contribution in [0.1, 0.15) is 31.2 Å². The fourth-order valence-corrected chi connectivity index (χ4v) is 4.17. The quantitative estimate of drug-likeness (QED) is 0.624. The van der Waals surface area contributed by atoms with E-state index in [1.165, 1.54) is 14.2 Å². The fraction of sp³-hybridized carbons (Fsp3) is 0.450. The Bertz CT molecular complexity index is 703. The summed E-state index contributed by atoms with van der Waals surface area (Å²) in [6.07, 6.45) is 3.57. The summed E-state index contributed by atoms with van der Waals surface area (Å²) in [7, 11) is 2.52. The minimum Gasteiger partial charge on any atom is -0.468 e. The highest BCUT2D eigenvalue weighted by Gasteiger charge is 2.55. The Morgan fingerprint density at radius 3 is 2.32 bits per heavy atom. The van der Waals surface area contributed by atoms with Gasteiger partial charge in [0, 0.05) is 5.92 Å². The number of carbonyl (C=O) groups excluding carboxylic acids is 3. The first-order chi connectivity index (χ1) is 12.0. The number of ketones is 1. The van der Waals surface area contributed by atoms with Gasteiger partial charge in [0.15, 0.2) is 11.2 Å².